The molecule has 0 aliphatic heterocycles. The SMILES string of the molecule is Cn1c(SCc2ccc(Br)cc2F)nnc1C(F)(F)F. The van der Waals surface area contributed by atoms with E-state index in [0.29, 0.717) is 10.0 Å². The van der Waals surface area contributed by atoms with Gasteiger partial charge in [-0.3, -0.25) is 0 Å². The third-order valence-corrected chi connectivity index (χ3v) is 4.02. The van der Waals surface area contributed by atoms with Gasteiger partial charge in [0.05, 0.1) is 0 Å². The second-order valence-electron chi connectivity index (χ2n) is 3.89. The minimum Gasteiger partial charge on any atom is -0.302 e. The van der Waals surface area contributed by atoms with Crippen LogP contribution in [0.4, 0.5) is 17.6 Å². The van der Waals surface area contributed by atoms with E-state index in [4.69, 9.17) is 0 Å². The van der Waals surface area contributed by atoms with E-state index in [1.807, 2.05) is 0 Å². The van der Waals surface area contributed by atoms with Crippen molar-refractivity contribution in [1.82, 2.24) is 14.8 Å². The Hall–Kier alpha value is -1.09. The lowest BCUT2D eigenvalue weighted by Crippen LogP contribution is -2.12. The fourth-order valence-corrected chi connectivity index (χ4v) is 2.70. The Balaban J connectivity index is 2.14. The van der Waals surface area contributed by atoms with E-state index in [-0.39, 0.29) is 10.9 Å². The van der Waals surface area contributed by atoms with E-state index in [1.54, 1.807) is 12.1 Å². The van der Waals surface area contributed by atoms with E-state index in [9.17, 15) is 17.6 Å². The van der Waals surface area contributed by atoms with Gasteiger partial charge in [-0.1, -0.05) is 33.8 Å². The van der Waals surface area contributed by atoms with Gasteiger partial charge in [0.25, 0.3) is 0 Å². The van der Waals surface area contributed by atoms with Gasteiger partial charge in [-0.05, 0) is 17.7 Å². The van der Waals surface area contributed by atoms with Crippen molar-refractivity contribution in [2.24, 2.45) is 7.05 Å². The van der Waals surface area contributed by atoms with Crippen molar-refractivity contribution in [3.63, 3.8) is 0 Å². The summed E-state index contributed by atoms with van der Waals surface area (Å²) in [6.07, 6.45) is -4.55. The molecule has 0 fully saturated rings. The highest BCUT2D eigenvalue weighted by atomic mass is 79.9. The molecule has 0 atom stereocenters. The largest absolute Gasteiger partial charge is 0.451 e. The van der Waals surface area contributed by atoms with Crippen molar-refractivity contribution in [2.75, 3.05) is 0 Å². The number of benzene rings is 1. The molecule has 0 unspecified atom stereocenters. The zero-order valence-corrected chi connectivity index (χ0v) is 12.5. The van der Waals surface area contributed by atoms with E-state index in [1.165, 1.54) is 13.1 Å². The van der Waals surface area contributed by atoms with Gasteiger partial charge in [-0.25, -0.2) is 4.39 Å². The molecule has 2 rings (SSSR count). The number of hydrogen-bond donors (Lipinski definition) is 0. The quantitative estimate of drug-likeness (QED) is 0.604. The van der Waals surface area contributed by atoms with Crippen molar-refractivity contribution in [2.45, 2.75) is 17.1 Å². The van der Waals surface area contributed by atoms with E-state index >= 15 is 0 Å². The van der Waals surface area contributed by atoms with Crippen molar-refractivity contribution in [1.29, 1.82) is 0 Å². The van der Waals surface area contributed by atoms with Gasteiger partial charge in [0.1, 0.15) is 5.82 Å². The van der Waals surface area contributed by atoms with Crippen LogP contribution in [0.25, 0.3) is 0 Å². The maximum Gasteiger partial charge on any atom is 0.451 e. The van der Waals surface area contributed by atoms with Gasteiger partial charge < -0.3 is 4.57 Å². The lowest BCUT2D eigenvalue weighted by atomic mass is 10.2. The second-order valence-corrected chi connectivity index (χ2v) is 5.75. The highest BCUT2D eigenvalue weighted by molar-refractivity contribution is 9.10. The molecule has 1 aromatic carbocycles. The molecule has 0 spiro atoms. The van der Waals surface area contributed by atoms with Crippen LogP contribution in [-0.2, 0) is 19.0 Å². The van der Waals surface area contributed by atoms with Crippen LogP contribution in [0, 0.1) is 5.82 Å². The monoisotopic (exact) mass is 369 g/mol. The number of hydrogen-bond acceptors (Lipinski definition) is 3. The first-order valence-corrected chi connectivity index (χ1v) is 7.10. The zero-order valence-electron chi connectivity index (χ0n) is 10.1. The summed E-state index contributed by atoms with van der Waals surface area (Å²) >= 11 is 4.12. The molecule has 1 heterocycles. The molecule has 1 aromatic heterocycles. The molecular weight excluding hydrogens is 362 g/mol. The van der Waals surface area contributed by atoms with Crippen LogP contribution < -0.4 is 0 Å². The summed E-state index contributed by atoms with van der Waals surface area (Å²) in [7, 11) is 1.23. The third kappa shape index (κ3) is 3.32. The smallest absolute Gasteiger partial charge is 0.302 e. The Labute approximate surface area is 124 Å². The Morgan fingerprint density at radius 3 is 2.55 bits per heavy atom. The fraction of sp³-hybridized carbons (Fsp3) is 0.273. The van der Waals surface area contributed by atoms with Gasteiger partial charge in [-0.15, -0.1) is 10.2 Å². The molecular formula is C11H8BrF4N3S. The Morgan fingerprint density at radius 2 is 2.00 bits per heavy atom. The molecule has 108 valence electrons. The van der Waals surface area contributed by atoms with Gasteiger partial charge in [0.15, 0.2) is 5.16 Å². The van der Waals surface area contributed by atoms with Gasteiger partial charge >= 0.3 is 6.18 Å². The van der Waals surface area contributed by atoms with E-state index < -0.39 is 17.8 Å². The maximum atomic E-state index is 13.6. The first-order chi connectivity index (χ1) is 9.29. The van der Waals surface area contributed by atoms with E-state index in [2.05, 4.69) is 26.1 Å². The fourth-order valence-electron chi connectivity index (χ4n) is 1.47. The summed E-state index contributed by atoms with van der Waals surface area (Å²) in [5.74, 6) is -1.33. The predicted octanol–water partition coefficient (Wildman–Crippen LogP) is 4.03. The van der Waals surface area contributed by atoms with Crippen molar-refractivity contribution in [3.8, 4) is 0 Å². The lowest BCUT2D eigenvalue weighted by molar-refractivity contribution is -0.147. The van der Waals surface area contributed by atoms with Crippen LogP contribution in [0.1, 0.15) is 11.4 Å². The van der Waals surface area contributed by atoms with Crippen LogP contribution in [0.2, 0.25) is 0 Å². The van der Waals surface area contributed by atoms with E-state index in [0.717, 1.165) is 16.3 Å². The normalized spacial score (nSPS) is 11.9. The molecule has 0 aliphatic rings. The number of halogens is 5. The summed E-state index contributed by atoms with van der Waals surface area (Å²) < 4.78 is 52.6. The molecule has 9 heteroatoms. The highest BCUT2D eigenvalue weighted by Gasteiger charge is 2.37. The minimum atomic E-state index is -4.55. The average Bonchev–Trinajstić information content (AvgIpc) is 2.69. The summed E-state index contributed by atoms with van der Waals surface area (Å²) in [5.41, 5.74) is 0.384. The number of rotatable bonds is 3. The third-order valence-electron chi connectivity index (χ3n) is 2.46. The second kappa shape index (κ2) is 5.72. The first-order valence-electron chi connectivity index (χ1n) is 5.32. The van der Waals surface area contributed by atoms with Crippen molar-refractivity contribution >= 4 is 27.7 Å². The van der Waals surface area contributed by atoms with Crippen molar-refractivity contribution < 1.29 is 17.6 Å². The molecule has 0 bridgehead atoms. The lowest BCUT2D eigenvalue weighted by Gasteiger charge is -2.06. The number of alkyl halides is 3. The zero-order chi connectivity index (χ0) is 14.9. The summed E-state index contributed by atoms with van der Waals surface area (Å²) in [6, 6.07) is 4.53. The van der Waals surface area contributed by atoms with Crippen LogP contribution in [0.3, 0.4) is 0 Å². The van der Waals surface area contributed by atoms with Crippen LogP contribution >= 0.6 is 27.7 Å². The Bertz CT molecular complexity index is 627. The van der Waals surface area contributed by atoms with Crippen LogP contribution in [-0.4, -0.2) is 14.8 Å². The predicted molar refractivity (Wildman–Crippen MR) is 69.7 cm³/mol. The molecule has 0 saturated heterocycles. The number of nitrogens with zero attached hydrogens (tertiary/aromatic N) is 3. The topological polar surface area (TPSA) is 30.7 Å². The first kappa shape index (κ1) is 15.3. The average molecular weight is 370 g/mol. The van der Waals surface area contributed by atoms with Crippen LogP contribution in [0.5, 0.6) is 0 Å². The van der Waals surface area contributed by atoms with Gasteiger partial charge in [0, 0.05) is 17.3 Å². The van der Waals surface area contributed by atoms with Crippen molar-refractivity contribution in [3.05, 3.63) is 39.9 Å². The number of thioether (sulfide) groups is 1. The molecule has 2 aromatic rings. The van der Waals surface area contributed by atoms with Gasteiger partial charge in [-0.2, -0.15) is 13.2 Å². The summed E-state index contributed by atoms with van der Waals surface area (Å²) in [6.45, 7) is 0. The molecule has 0 radical (unpaired) electrons. The molecule has 0 N–H and O–H groups in total. The highest BCUT2D eigenvalue weighted by Crippen LogP contribution is 2.31. The number of aromatic nitrogens is 3. The summed E-state index contributed by atoms with van der Waals surface area (Å²) in [4.78, 5) is 0. The molecule has 0 aliphatic carbocycles. The Kier molecular flexibility index (Phi) is 4.38. The maximum absolute atomic E-state index is 13.6. The summed E-state index contributed by atoms with van der Waals surface area (Å²) in [5, 5.41) is 6.65. The molecule has 3 nitrogen and oxygen atoms in total. The van der Waals surface area contributed by atoms with Crippen LogP contribution in [0.15, 0.2) is 27.8 Å². The molecule has 0 saturated carbocycles. The molecule has 0 amide bonds. The van der Waals surface area contributed by atoms with Gasteiger partial charge in [0.2, 0.25) is 5.82 Å². The standard InChI is InChI=1S/C11H8BrF4N3S/c1-19-9(11(14,15)16)17-18-10(19)20-5-6-2-3-7(12)4-8(6)13/h2-4H,5H2,1H3. The minimum absolute atomic E-state index is 0.0830. The Morgan fingerprint density at radius 1 is 1.30 bits per heavy atom. The molecule has 20 heavy (non-hydrogen) atoms.